The summed E-state index contributed by atoms with van der Waals surface area (Å²) in [6.45, 7) is 8.49. The predicted octanol–water partition coefficient (Wildman–Crippen LogP) is 2.20. The van der Waals surface area contributed by atoms with Gasteiger partial charge in [-0.05, 0) is 26.3 Å². The first-order valence-corrected chi connectivity index (χ1v) is 8.20. The molecule has 3 heterocycles. The number of nitrogens with zero attached hydrogens (tertiary/aromatic N) is 3. The second-order valence-electron chi connectivity index (χ2n) is 6.10. The molecule has 114 valence electrons. The Bertz CT molecular complexity index is 640. The zero-order valence-corrected chi connectivity index (χ0v) is 13.6. The zero-order valence-electron chi connectivity index (χ0n) is 12.8. The van der Waals surface area contributed by atoms with Crippen LogP contribution in [0, 0.1) is 0 Å². The van der Waals surface area contributed by atoms with E-state index in [0.29, 0.717) is 6.54 Å². The van der Waals surface area contributed by atoms with Gasteiger partial charge in [-0.15, -0.1) is 11.3 Å². The summed E-state index contributed by atoms with van der Waals surface area (Å²) < 4.78 is 6.01. The van der Waals surface area contributed by atoms with E-state index in [4.69, 9.17) is 10.5 Å². The molecule has 5 nitrogen and oxygen atoms in total. The van der Waals surface area contributed by atoms with Crippen molar-refractivity contribution < 1.29 is 4.74 Å². The minimum absolute atomic E-state index is 0.0445. The highest BCUT2D eigenvalue weighted by Gasteiger charge is 2.34. The Morgan fingerprint density at radius 3 is 3.00 bits per heavy atom. The van der Waals surface area contributed by atoms with Crippen LogP contribution in [0.2, 0.25) is 0 Å². The summed E-state index contributed by atoms with van der Waals surface area (Å²) in [6.07, 6.45) is 2.73. The normalized spacial score (nSPS) is 21.9. The van der Waals surface area contributed by atoms with Crippen molar-refractivity contribution in [3.8, 4) is 0 Å². The third-order valence-corrected chi connectivity index (χ3v) is 4.94. The van der Waals surface area contributed by atoms with Crippen LogP contribution in [0.15, 0.2) is 12.4 Å². The predicted molar refractivity (Wildman–Crippen MR) is 87.0 cm³/mol. The lowest BCUT2D eigenvalue weighted by Gasteiger charge is -2.43. The average Bonchev–Trinajstić information content (AvgIpc) is 2.88. The van der Waals surface area contributed by atoms with E-state index >= 15 is 0 Å². The SMILES string of the molecule is CCc1cc2c(N3CC(CN)OC(C)(C)C3)ncnc2s1. The van der Waals surface area contributed by atoms with E-state index in [9.17, 15) is 0 Å². The Morgan fingerprint density at radius 1 is 1.48 bits per heavy atom. The van der Waals surface area contributed by atoms with Gasteiger partial charge in [-0.25, -0.2) is 9.97 Å². The molecule has 1 aliphatic rings. The standard InChI is InChI=1S/C15H22N4OS/c1-4-11-5-12-13(17-9-18-14(12)21-11)19-7-10(6-16)20-15(2,3)8-19/h5,9-10H,4,6-8,16H2,1-3H3. The molecule has 2 N–H and O–H groups in total. The Balaban J connectivity index is 2.00. The third kappa shape index (κ3) is 2.88. The van der Waals surface area contributed by atoms with Crippen LogP contribution in [0.5, 0.6) is 0 Å². The molecule has 0 aliphatic carbocycles. The largest absolute Gasteiger partial charge is 0.367 e. The van der Waals surface area contributed by atoms with Crippen molar-refractivity contribution in [2.45, 2.75) is 38.9 Å². The molecule has 0 saturated carbocycles. The van der Waals surface area contributed by atoms with Gasteiger partial charge >= 0.3 is 0 Å². The molecule has 1 fully saturated rings. The summed E-state index contributed by atoms with van der Waals surface area (Å²) >= 11 is 1.75. The van der Waals surface area contributed by atoms with Crippen molar-refractivity contribution in [3.05, 3.63) is 17.3 Å². The molecule has 3 rings (SSSR count). The number of morpholine rings is 1. The van der Waals surface area contributed by atoms with Gasteiger partial charge in [0, 0.05) is 24.5 Å². The van der Waals surface area contributed by atoms with Crippen molar-refractivity contribution in [1.82, 2.24) is 9.97 Å². The number of aromatic nitrogens is 2. The molecule has 0 aromatic carbocycles. The first-order valence-electron chi connectivity index (χ1n) is 7.38. The molecule has 0 bridgehead atoms. The van der Waals surface area contributed by atoms with Gasteiger partial charge in [0.05, 0.1) is 17.1 Å². The smallest absolute Gasteiger partial charge is 0.140 e. The van der Waals surface area contributed by atoms with E-state index in [2.05, 4.69) is 41.7 Å². The molecule has 0 spiro atoms. The highest BCUT2D eigenvalue weighted by molar-refractivity contribution is 7.18. The Kier molecular flexibility index (Phi) is 3.86. The molecular weight excluding hydrogens is 284 g/mol. The van der Waals surface area contributed by atoms with E-state index < -0.39 is 0 Å². The summed E-state index contributed by atoms with van der Waals surface area (Å²) in [6, 6.07) is 2.22. The van der Waals surface area contributed by atoms with Crippen LogP contribution in [0.1, 0.15) is 25.6 Å². The number of hydrogen-bond donors (Lipinski definition) is 1. The second-order valence-corrected chi connectivity index (χ2v) is 7.21. The summed E-state index contributed by atoms with van der Waals surface area (Å²) in [5.41, 5.74) is 5.60. The molecule has 1 atom stereocenters. The van der Waals surface area contributed by atoms with Gasteiger partial charge in [0.1, 0.15) is 17.0 Å². The maximum atomic E-state index is 6.01. The molecule has 1 saturated heterocycles. The number of fused-ring (bicyclic) bond motifs is 1. The minimum atomic E-state index is -0.219. The van der Waals surface area contributed by atoms with Crippen LogP contribution in [-0.4, -0.2) is 41.3 Å². The number of rotatable bonds is 3. The van der Waals surface area contributed by atoms with Gasteiger partial charge in [-0.2, -0.15) is 0 Å². The van der Waals surface area contributed by atoms with Crippen molar-refractivity contribution in [1.29, 1.82) is 0 Å². The van der Waals surface area contributed by atoms with Crippen molar-refractivity contribution in [2.75, 3.05) is 24.5 Å². The summed E-state index contributed by atoms with van der Waals surface area (Å²) in [5.74, 6) is 1.01. The van der Waals surface area contributed by atoms with Gasteiger partial charge < -0.3 is 15.4 Å². The molecule has 21 heavy (non-hydrogen) atoms. The van der Waals surface area contributed by atoms with Crippen LogP contribution in [0.3, 0.4) is 0 Å². The number of anilines is 1. The quantitative estimate of drug-likeness (QED) is 0.942. The lowest BCUT2D eigenvalue weighted by atomic mass is 10.0. The van der Waals surface area contributed by atoms with Crippen molar-refractivity contribution >= 4 is 27.4 Å². The summed E-state index contributed by atoms with van der Waals surface area (Å²) in [5, 5.41) is 1.15. The fourth-order valence-electron chi connectivity index (χ4n) is 2.90. The van der Waals surface area contributed by atoms with E-state index in [0.717, 1.165) is 35.5 Å². The van der Waals surface area contributed by atoms with E-state index in [1.54, 1.807) is 17.7 Å². The fourth-order valence-corrected chi connectivity index (χ4v) is 3.83. The van der Waals surface area contributed by atoms with Gasteiger partial charge in [-0.1, -0.05) is 6.92 Å². The second kappa shape index (κ2) is 5.51. The lowest BCUT2D eigenvalue weighted by Crippen LogP contribution is -2.55. The highest BCUT2D eigenvalue weighted by Crippen LogP contribution is 2.33. The van der Waals surface area contributed by atoms with Crippen LogP contribution in [0.4, 0.5) is 5.82 Å². The Morgan fingerprint density at radius 2 is 2.29 bits per heavy atom. The molecule has 2 aromatic heterocycles. The molecule has 0 radical (unpaired) electrons. The van der Waals surface area contributed by atoms with Gasteiger partial charge in [0.2, 0.25) is 0 Å². The van der Waals surface area contributed by atoms with E-state index in [1.165, 1.54) is 4.88 Å². The third-order valence-electron chi connectivity index (χ3n) is 3.75. The lowest BCUT2D eigenvalue weighted by molar-refractivity contribution is -0.0789. The molecule has 6 heteroatoms. The first-order chi connectivity index (χ1) is 10.0. The molecule has 2 aromatic rings. The Labute approximate surface area is 129 Å². The van der Waals surface area contributed by atoms with E-state index in [-0.39, 0.29) is 11.7 Å². The van der Waals surface area contributed by atoms with Crippen LogP contribution in [0.25, 0.3) is 10.2 Å². The van der Waals surface area contributed by atoms with Gasteiger partial charge in [0.15, 0.2) is 0 Å². The Hall–Kier alpha value is -1.24. The van der Waals surface area contributed by atoms with Crippen molar-refractivity contribution in [2.24, 2.45) is 5.73 Å². The number of ether oxygens (including phenoxy) is 1. The molecule has 1 aliphatic heterocycles. The van der Waals surface area contributed by atoms with Crippen molar-refractivity contribution in [3.63, 3.8) is 0 Å². The van der Waals surface area contributed by atoms with Crippen LogP contribution in [-0.2, 0) is 11.2 Å². The minimum Gasteiger partial charge on any atom is -0.367 e. The van der Waals surface area contributed by atoms with Crippen LogP contribution < -0.4 is 10.6 Å². The first kappa shape index (κ1) is 14.7. The number of nitrogens with two attached hydrogens (primary N) is 1. The number of thiophene rings is 1. The number of aryl methyl sites for hydroxylation is 1. The maximum absolute atomic E-state index is 6.01. The van der Waals surface area contributed by atoms with Gasteiger partial charge in [-0.3, -0.25) is 0 Å². The molecule has 1 unspecified atom stereocenters. The van der Waals surface area contributed by atoms with Gasteiger partial charge in [0.25, 0.3) is 0 Å². The topological polar surface area (TPSA) is 64.3 Å². The van der Waals surface area contributed by atoms with Crippen LogP contribution >= 0.6 is 11.3 Å². The zero-order chi connectivity index (χ0) is 15.0. The van der Waals surface area contributed by atoms with E-state index in [1.807, 2.05) is 0 Å². The number of hydrogen-bond acceptors (Lipinski definition) is 6. The molecular formula is C15H22N4OS. The average molecular weight is 306 g/mol. The maximum Gasteiger partial charge on any atom is 0.140 e. The highest BCUT2D eigenvalue weighted by atomic mass is 32.1. The molecule has 0 amide bonds. The summed E-state index contributed by atoms with van der Waals surface area (Å²) in [4.78, 5) is 13.6. The fraction of sp³-hybridized carbons (Fsp3) is 0.600. The summed E-state index contributed by atoms with van der Waals surface area (Å²) in [7, 11) is 0. The monoisotopic (exact) mass is 306 g/mol.